The van der Waals surface area contributed by atoms with Gasteiger partial charge in [0.15, 0.2) is 11.5 Å². The summed E-state index contributed by atoms with van der Waals surface area (Å²) in [4.78, 5) is 12.6. The SMILES string of the molecule is Nc1cc2c(cc1NC(=O)c1cccs1)OCCO2. The van der Waals surface area contributed by atoms with Crippen molar-refractivity contribution in [3.63, 3.8) is 0 Å². The number of hydrogen-bond donors (Lipinski definition) is 2. The highest BCUT2D eigenvalue weighted by Gasteiger charge is 2.16. The van der Waals surface area contributed by atoms with E-state index in [9.17, 15) is 4.79 Å². The molecule has 98 valence electrons. The molecule has 0 aliphatic carbocycles. The predicted octanol–water partition coefficient (Wildman–Crippen LogP) is 2.35. The van der Waals surface area contributed by atoms with Crippen molar-refractivity contribution in [1.82, 2.24) is 0 Å². The van der Waals surface area contributed by atoms with Crippen LogP contribution in [0.4, 0.5) is 11.4 Å². The molecule has 2 heterocycles. The van der Waals surface area contributed by atoms with Gasteiger partial charge in [0.25, 0.3) is 5.91 Å². The first-order valence-electron chi connectivity index (χ1n) is 5.78. The summed E-state index contributed by atoms with van der Waals surface area (Å²) in [5.41, 5.74) is 6.88. The first kappa shape index (κ1) is 11.9. The number of fused-ring (bicyclic) bond motifs is 1. The van der Waals surface area contributed by atoms with Gasteiger partial charge in [-0.1, -0.05) is 6.07 Å². The number of amides is 1. The predicted molar refractivity (Wildman–Crippen MR) is 74.1 cm³/mol. The van der Waals surface area contributed by atoms with Gasteiger partial charge in [-0.25, -0.2) is 0 Å². The van der Waals surface area contributed by atoms with Crippen LogP contribution in [-0.4, -0.2) is 19.1 Å². The lowest BCUT2D eigenvalue weighted by atomic mass is 10.2. The summed E-state index contributed by atoms with van der Waals surface area (Å²) in [6.45, 7) is 1.00. The van der Waals surface area contributed by atoms with Crippen molar-refractivity contribution < 1.29 is 14.3 Å². The summed E-state index contributed by atoms with van der Waals surface area (Å²) in [6.07, 6.45) is 0. The Balaban J connectivity index is 1.87. The monoisotopic (exact) mass is 276 g/mol. The van der Waals surface area contributed by atoms with Crippen LogP contribution in [0.2, 0.25) is 0 Å². The zero-order chi connectivity index (χ0) is 13.2. The van der Waals surface area contributed by atoms with Gasteiger partial charge in [-0.2, -0.15) is 0 Å². The Morgan fingerprint density at radius 2 is 2.00 bits per heavy atom. The zero-order valence-corrected chi connectivity index (χ0v) is 10.8. The molecular formula is C13H12N2O3S. The van der Waals surface area contributed by atoms with E-state index in [2.05, 4.69) is 5.32 Å². The van der Waals surface area contributed by atoms with Gasteiger partial charge in [0.1, 0.15) is 13.2 Å². The van der Waals surface area contributed by atoms with Crippen molar-refractivity contribution in [2.75, 3.05) is 24.3 Å². The van der Waals surface area contributed by atoms with Gasteiger partial charge in [0, 0.05) is 12.1 Å². The molecule has 0 atom stereocenters. The van der Waals surface area contributed by atoms with Gasteiger partial charge in [-0.05, 0) is 11.4 Å². The Morgan fingerprint density at radius 1 is 1.26 bits per heavy atom. The number of benzene rings is 1. The summed E-state index contributed by atoms with van der Waals surface area (Å²) < 4.78 is 10.9. The number of nitrogen functional groups attached to an aromatic ring is 1. The van der Waals surface area contributed by atoms with E-state index in [0.29, 0.717) is 41.0 Å². The average Bonchev–Trinajstić information content (AvgIpc) is 2.93. The van der Waals surface area contributed by atoms with Gasteiger partial charge < -0.3 is 20.5 Å². The lowest BCUT2D eigenvalue weighted by molar-refractivity contribution is 0.103. The molecule has 0 radical (unpaired) electrons. The second-order valence-corrected chi connectivity index (χ2v) is 4.96. The first-order chi connectivity index (χ1) is 9.24. The minimum absolute atomic E-state index is 0.182. The van der Waals surface area contributed by atoms with Crippen LogP contribution >= 0.6 is 11.3 Å². The number of rotatable bonds is 2. The van der Waals surface area contributed by atoms with E-state index in [0.717, 1.165) is 0 Å². The van der Waals surface area contributed by atoms with Crippen LogP contribution in [0.5, 0.6) is 11.5 Å². The van der Waals surface area contributed by atoms with Crippen LogP contribution in [0.15, 0.2) is 29.6 Å². The molecule has 0 saturated heterocycles. The number of nitrogens with two attached hydrogens (primary N) is 1. The molecule has 0 spiro atoms. The maximum absolute atomic E-state index is 12.0. The number of thiophene rings is 1. The third-order valence-corrected chi connectivity index (χ3v) is 3.58. The molecule has 0 bridgehead atoms. The standard InChI is InChI=1S/C13H12N2O3S/c14-8-6-10-11(18-4-3-17-10)7-9(8)15-13(16)12-2-1-5-19-12/h1-2,5-7H,3-4,14H2,(H,15,16). The van der Waals surface area contributed by atoms with E-state index in [1.807, 2.05) is 11.4 Å². The number of carbonyl (C=O) groups is 1. The Kier molecular flexibility index (Phi) is 3.00. The van der Waals surface area contributed by atoms with Crippen molar-refractivity contribution in [3.05, 3.63) is 34.5 Å². The molecule has 0 fully saturated rings. The fraction of sp³-hybridized carbons (Fsp3) is 0.154. The van der Waals surface area contributed by atoms with E-state index in [1.54, 1.807) is 18.2 Å². The summed E-state index contributed by atoms with van der Waals surface area (Å²) in [5, 5.41) is 4.62. The number of ether oxygens (including phenoxy) is 2. The number of hydrogen-bond acceptors (Lipinski definition) is 5. The Bertz CT molecular complexity index is 611. The number of nitrogens with one attached hydrogen (secondary N) is 1. The second-order valence-electron chi connectivity index (χ2n) is 4.01. The summed E-state index contributed by atoms with van der Waals surface area (Å²) in [6, 6.07) is 6.94. The molecule has 0 saturated carbocycles. The van der Waals surface area contributed by atoms with E-state index in [-0.39, 0.29) is 5.91 Å². The molecule has 1 aliphatic heterocycles. The molecule has 0 unspecified atom stereocenters. The highest BCUT2D eigenvalue weighted by atomic mass is 32.1. The summed E-state index contributed by atoms with van der Waals surface area (Å²) in [7, 11) is 0. The van der Waals surface area contributed by atoms with Crippen LogP contribution in [0.3, 0.4) is 0 Å². The van der Waals surface area contributed by atoms with Gasteiger partial charge in [-0.3, -0.25) is 4.79 Å². The molecule has 1 aromatic heterocycles. The summed E-state index contributed by atoms with van der Waals surface area (Å²) >= 11 is 1.38. The Labute approximate surface area is 113 Å². The van der Waals surface area contributed by atoms with Crippen molar-refractivity contribution >= 4 is 28.6 Å². The number of carbonyl (C=O) groups excluding carboxylic acids is 1. The molecule has 2 aromatic rings. The van der Waals surface area contributed by atoms with E-state index < -0.39 is 0 Å². The topological polar surface area (TPSA) is 73.6 Å². The molecule has 1 aliphatic rings. The fourth-order valence-electron chi connectivity index (χ4n) is 1.80. The van der Waals surface area contributed by atoms with E-state index in [1.165, 1.54) is 11.3 Å². The molecule has 3 N–H and O–H groups in total. The normalized spacial score (nSPS) is 13.1. The van der Waals surface area contributed by atoms with Crippen LogP contribution in [0.1, 0.15) is 9.67 Å². The Hall–Kier alpha value is -2.21. The third kappa shape index (κ3) is 2.34. The highest BCUT2D eigenvalue weighted by molar-refractivity contribution is 7.12. The molecule has 6 heteroatoms. The maximum atomic E-state index is 12.0. The first-order valence-corrected chi connectivity index (χ1v) is 6.66. The lowest BCUT2D eigenvalue weighted by Gasteiger charge is -2.20. The molecule has 1 aromatic carbocycles. The molecule has 1 amide bonds. The zero-order valence-electron chi connectivity index (χ0n) is 10.0. The quantitative estimate of drug-likeness (QED) is 0.826. The highest BCUT2D eigenvalue weighted by Crippen LogP contribution is 2.37. The van der Waals surface area contributed by atoms with Crippen LogP contribution in [0, 0.1) is 0 Å². The maximum Gasteiger partial charge on any atom is 0.265 e. The minimum Gasteiger partial charge on any atom is -0.486 e. The van der Waals surface area contributed by atoms with Crippen molar-refractivity contribution in [2.24, 2.45) is 0 Å². The second kappa shape index (κ2) is 4.81. The molecule has 19 heavy (non-hydrogen) atoms. The van der Waals surface area contributed by atoms with Crippen LogP contribution in [0.25, 0.3) is 0 Å². The van der Waals surface area contributed by atoms with Crippen molar-refractivity contribution in [2.45, 2.75) is 0 Å². The number of anilines is 2. The van der Waals surface area contributed by atoms with Crippen LogP contribution < -0.4 is 20.5 Å². The molecule has 3 rings (SSSR count). The average molecular weight is 276 g/mol. The van der Waals surface area contributed by atoms with Crippen molar-refractivity contribution in [3.8, 4) is 11.5 Å². The minimum atomic E-state index is -0.182. The van der Waals surface area contributed by atoms with Gasteiger partial charge in [0.05, 0.1) is 16.3 Å². The van der Waals surface area contributed by atoms with Gasteiger partial charge in [-0.15, -0.1) is 11.3 Å². The van der Waals surface area contributed by atoms with E-state index >= 15 is 0 Å². The van der Waals surface area contributed by atoms with Gasteiger partial charge in [0.2, 0.25) is 0 Å². The van der Waals surface area contributed by atoms with Crippen molar-refractivity contribution in [1.29, 1.82) is 0 Å². The lowest BCUT2D eigenvalue weighted by Crippen LogP contribution is -2.17. The summed E-state index contributed by atoms with van der Waals surface area (Å²) in [5.74, 6) is 1.03. The van der Waals surface area contributed by atoms with Gasteiger partial charge >= 0.3 is 0 Å². The molecular weight excluding hydrogens is 264 g/mol. The smallest absolute Gasteiger partial charge is 0.265 e. The fourth-order valence-corrected chi connectivity index (χ4v) is 2.42. The molecule has 5 nitrogen and oxygen atoms in total. The Morgan fingerprint density at radius 3 is 2.68 bits per heavy atom. The van der Waals surface area contributed by atoms with E-state index in [4.69, 9.17) is 15.2 Å². The largest absolute Gasteiger partial charge is 0.486 e. The van der Waals surface area contributed by atoms with Crippen LogP contribution in [-0.2, 0) is 0 Å². The third-order valence-electron chi connectivity index (χ3n) is 2.71.